The van der Waals surface area contributed by atoms with Crippen LogP contribution in [0, 0.1) is 0 Å². The summed E-state index contributed by atoms with van der Waals surface area (Å²) >= 11 is 0. The van der Waals surface area contributed by atoms with Gasteiger partial charge < -0.3 is 19.3 Å². The van der Waals surface area contributed by atoms with Crippen LogP contribution >= 0.6 is 0 Å². The number of hydrogen-bond acceptors (Lipinski definition) is 6. The zero-order valence-electron chi connectivity index (χ0n) is 22.6. The number of rotatable bonds is 17. The van der Waals surface area contributed by atoms with Crippen molar-refractivity contribution in [2.75, 3.05) is 50.2 Å². The molecule has 0 aliphatic carbocycles. The number of ether oxygens (including phenoxy) is 2. The van der Waals surface area contributed by atoms with Crippen LogP contribution in [-0.4, -0.2) is 52.3 Å². The number of methoxy groups -OCH3 is 1. The Balaban J connectivity index is 1.53. The monoisotopic (exact) mass is 496 g/mol. The summed E-state index contributed by atoms with van der Waals surface area (Å²) < 4.78 is 9.81. The first-order valence-corrected chi connectivity index (χ1v) is 13.4. The smallest absolute Gasteiger partial charge is 0.338 e. The van der Waals surface area contributed by atoms with Gasteiger partial charge in [0, 0.05) is 38.1 Å². The Morgan fingerprint density at radius 1 is 0.667 bits per heavy atom. The molecule has 2 rings (SSSR count). The van der Waals surface area contributed by atoms with Crippen molar-refractivity contribution in [2.24, 2.45) is 0 Å². The summed E-state index contributed by atoms with van der Waals surface area (Å²) in [5, 5.41) is 0. The molecule has 0 saturated carbocycles. The summed E-state index contributed by atoms with van der Waals surface area (Å²) in [7, 11) is 3.51. The summed E-state index contributed by atoms with van der Waals surface area (Å²) in [6.45, 7) is 7.41. The van der Waals surface area contributed by atoms with Crippen molar-refractivity contribution in [3.05, 3.63) is 59.7 Å². The van der Waals surface area contributed by atoms with Crippen LogP contribution in [0.15, 0.2) is 48.5 Å². The van der Waals surface area contributed by atoms with Crippen LogP contribution in [0.25, 0.3) is 0 Å². The lowest BCUT2D eigenvalue weighted by molar-refractivity contribution is 0.0525. The van der Waals surface area contributed by atoms with E-state index in [1.807, 2.05) is 55.5 Å². The van der Waals surface area contributed by atoms with E-state index in [0.29, 0.717) is 17.7 Å². The number of benzene rings is 2. The summed E-state index contributed by atoms with van der Waals surface area (Å²) in [5.74, 6) is -0.556. The first kappa shape index (κ1) is 29.2. The van der Waals surface area contributed by atoms with E-state index in [2.05, 4.69) is 23.8 Å². The molecular weight excluding hydrogens is 452 g/mol. The summed E-state index contributed by atoms with van der Waals surface area (Å²) in [6, 6.07) is 15.3. The van der Waals surface area contributed by atoms with E-state index in [1.54, 1.807) is 0 Å². The van der Waals surface area contributed by atoms with Gasteiger partial charge in [-0.1, -0.05) is 38.5 Å². The van der Waals surface area contributed by atoms with E-state index in [1.165, 1.54) is 58.5 Å². The summed E-state index contributed by atoms with van der Waals surface area (Å²) in [6.07, 6.45) is 10.0. The Kier molecular flexibility index (Phi) is 13.5. The largest absolute Gasteiger partial charge is 0.465 e. The van der Waals surface area contributed by atoms with Gasteiger partial charge in [-0.25, -0.2) is 9.59 Å². The molecular formula is C30H44N2O4. The highest BCUT2D eigenvalue weighted by molar-refractivity contribution is 5.90. The SMILES string of the molecule is CCOC(=O)c1ccc(N(C)CCCCCCCCCCN(CC)c2ccc(C(=O)OC)cc2)cc1. The minimum atomic E-state index is -0.293. The molecule has 0 saturated heterocycles. The highest BCUT2D eigenvalue weighted by Gasteiger charge is 2.09. The molecule has 0 N–H and O–H groups in total. The van der Waals surface area contributed by atoms with Crippen LogP contribution in [0.3, 0.4) is 0 Å². The van der Waals surface area contributed by atoms with Crippen LogP contribution in [0.5, 0.6) is 0 Å². The van der Waals surface area contributed by atoms with Gasteiger partial charge in [0.15, 0.2) is 0 Å². The van der Waals surface area contributed by atoms with Crippen molar-refractivity contribution >= 4 is 23.3 Å². The number of esters is 2. The maximum atomic E-state index is 11.8. The first-order valence-electron chi connectivity index (χ1n) is 13.4. The Morgan fingerprint density at radius 2 is 1.14 bits per heavy atom. The second-order valence-corrected chi connectivity index (χ2v) is 9.14. The van der Waals surface area contributed by atoms with E-state index in [9.17, 15) is 9.59 Å². The van der Waals surface area contributed by atoms with Crippen LogP contribution in [-0.2, 0) is 9.47 Å². The third kappa shape index (κ3) is 9.92. The van der Waals surface area contributed by atoms with Gasteiger partial charge in [-0.3, -0.25) is 0 Å². The number of nitrogens with zero attached hydrogens (tertiary/aromatic N) is 2. The van der Waals surface area contributed by atoms with Gasteiger partial charge in [0.1, 0.15) is 0 Å². The Labute approximate surface area is 217 Å². The fourth-order valence-electron chi connectivity index (χ4n) is 4.30. The molecule has 0 aliphatic heterocycles. The van der Waals surface area contributed by atoms with E-state index in [4.69, 9.17) is 9.47 Å². The van der Waals surface area contributed by atoms with Crippen LogP contribution < -0.4 is 9.80 Å². The number of unbranched alkanes of at least 4 members (excludes halogenated alkanes) is 7. The van der Waals surface area contributed by atoms with E-state index < -0.39 is 0 Å². The number of carbonyl (C=O) groups excluding carboxylic acids is 2. The molecule has 0 aromatic heterocycles. The van der Waals surface area contributed by atoms with Crippen molar-refractivity contribution in [2.45, 2.75) is 65.2 Å². The van der Waals surface area contributed by atoms with Gasteiger partial charge in [-0.2, -0.15) is 0 Å². The molecule has 0 bridgehead atoms. The Morgan fingerprint density at radius 3 is 1.64 bits per heavy atom. The zero-order valence-corrected chi connectivity index (χ0v) is 22.6. The topological polar surface area (TPSA) is 59.1 Å². The fraction of sp³-hybridized carbons (Fsp3) is 0.533. The highest BCUT2D eigenvalue weighted by Crippen LogP contribution is 2.18. The molecule has 2 aromatic rings. The lowest BCUT2D eigenvalue weighted by Gasteiger charge is -2.23. The normalized spacial score (nSPS) is 10.7. The minimum absolute atomic E-state index is 0.263. The minimum Gasteiger partial charge on any atom is -0.465 e. The molecule has 2 aromatic carbocycles. The van der Waals surface area contributed by atoms with Crippen molar-refractivity contribution in [3.63, 3.8) is 0 Å². The molecule has 0 heterocycles. The molecule has 0 fully saturated rings. The summed E-state index contributed by atoms with van der Waals surface area (Å²) in [5.41, 5.74) is 3.48. The Bertz CT molecular complexity index is 896. The Hall–Kier alpha value is -3.02. The molecule has 0 spiro atoms. The lowest BCUT2D eigenvalue weighted by atomic mass is 10.1. The van der Waals surface area contributed by atoms with Gasteiger partial charge in [0.2, 0.25) is 0 Å². The molecule has 6 nitrogen and oxygen atoms in total. The van der Waals surface area contributed by atoms with E-state index in [0.717, 1.165) is 31.0 Å². The molecule has 6 heteroatoms. The van der Waals surface area contributed by atoms with Crippen molar-refractivity contribution in [1.29, 1.82) is 0 Å². The second kappa shape index (κ2) is 16.6. The molecule has 36 heavy (non-hydrogen) atoms. The molecule has 0 aliphatic rings. The predicted molar refractivity (Wildman–Crippen MR) is 148 cm³/mol. The fourth-order valence-corrected chi connectivity index (χ4v) is 4.30. The quantitative estimate of drug-likeness (QED) is 0.179. The van der Waals surface area contributed by atoms with Gasteiger partial charge >= 0.3 is 11.9 Å². The molecule has 0 amide bonds. The van der Waals surface area contributed by atoms with E-state index in [-0.39, 0.29) is 11.9 Å². The van der Waals surface area contributed by atoms with Crippen molar-refractivity contribution < 1.29 is 19.1 Å². The number of anilines is 2. The van der Waals surface area contributed by atoms with Crippen molar-refractivity contribution in [1.82, 2.24) is 0 Å². The number of hydrogen-bond donors (Lipinski definition) is 0. The average Bonchev–Trinajstić information content (AvgIpc) is 2.91. The van der Waals surface area contributed by atoms with Gasteiger partial charge in [-0.05, 0) is 75.2 Å². The molecule has 0 radical (unpaired) electrons. The van der Waals surface area contributed by atoms with Crippen molar-refractivity contribution in [3.8, 4) is 0 Å². The third-order valence-electron chi connectivity index (χ3n) is 6.53. The third-order valence-corrected chi connectivity index (χ3v) is 6.53. The van der Waals surface area contributed by atoms with Gasteiger partial charge in [0.25, 0.3) is 0 Å². The zero-order chi connectivity index (χ0) is 26.2. The van der Waals surface area contributed by atoms with Gasteiger partial charge in [-0.15, -0.1) is 0 Å². The highest BCUT2D eigenvalue weighted by atomic mass is 16.5. The lowest BCUT2D eigenvalue weighted by Crippen LogP contribution is -2.23. The van der Waals surface area contributed by atoms with E-state index >= 15 is 0 Å². The maximum absolute atomic E-state index is 11.8. The molecule has 0 atom stereocenters. The maximum Gasteiger partial charge on any atom is 0.338 e. The standard InChI is InChI=1S/C30H44N2O4/c1-5-32(28-21-17-25(18-22-28)29(33)35-4)24-14-12-10-8-7-9-11-13-23-31(3)27-19-15-26(16-20-27)30(34)36-6-2/h15-22H,5-14,23-24H2,1-4H3. The van der Waals surface area contributed by atoms with Crippen LogP contribution in [0.2, 0.25) is 0 Å². The first-order chi connectivity index (χ1) is 17.5. The second-order valence-electron chi connectivity index (χ2n) is 9.14. The number of carbonyl (C=O) groups is 2. The summed E-state index contributed by atoms with van der Waals surface area (Å²) in [4.78, 5) is 28.0. The van der Waals surface area contributed by atoms with Gasteiger partial charge in [0.05, 0.1) is 24.8 Å². The predicted octanol–water partition coefficient (Wildman–Crippen LogP) is 6.73. The van der Waals surface area contributed by atoms with Crippen LogP contribution in [0.1, 0.15) is 85.9 Å². The van der Waals surface area contributed by atoms with Crippen LogP contribution in [0.4, 0.5) is 11.4 Å². The average molecular weight is 497 g/mol. The molecule has 198 valence electrons. The molecule has 0 unspecified atom stereocenters.